The van der Waals surface area contributed by atoms with Crippen LogP contribution in [0.25, 0.3) is 5.70 Å². The van der Waals surface area contributed by atoms with Crippen LogP contribution < -0.4 is 5.32 Å². The third kappa shape index (κ3) is 4.98. The van der Waals surface area contributed by atoms with E-state index in [0.717, 1.165) is 30.6 Å². The van der Waals surface area contributed by atoms with Gasteiger partial charge < -0.3 is 15.0 Å². The standard InChI is InChI=1S/C19H24N2O3/c1-15(16-8-4-3-5-9-16)21-13-7-10-17(14-21)19(23)20-12-6-11-18(22)24-2/h3-6,8-9,11,17H,1,7,10,12-14H2,2H3,(H,20,23)/b11-6+/t17-/m0/s1. The zero-order chi connectivity index (χ0) is 17.4. The minimum absolute atomic E-state index is 0.00933. The molecule has 5 heteroatoms. The van der Waals surface area contributed by atoms with Crippen molar-refractivity contribution in [3.8, 4) is 0 Å². The first-order valence-electron chi connectivity index (χ1n) is 8.13. The third-order valence-electron chi connectivity index (χ3n) is 4.13. The molecule has 1 aromatic carbocycles. The predicted molar refractivity (Wildman–Crippen MR) is 93.9 cm³/mol. The van der Waals surface area contributed by atoms with Gasteiger partial charge in [-0.2, -0.15) is 0 Å². The lowest BCUT2D eigenvalue weighted by atomic mass is 9.96. The normalized spacial score (nSPS) is 17.5. The van der Waals surface area contributed by atoms with E-state index in [-0.39, 0.29) is 11.8 Å². The van der Waals surface area contributed by atoms with Crippen LogP contribution in [-0.4, -0.2) is 43.5 Å². The highest BCUT2D eigenvalue weighted by Crippen LogP contribution is 2.24. The van der Waals surface area contributed by atoms with E-state index in [2.05, 4.69) is 21.5 Å². The lowest BCUT2D eigenvalue weighted by Crippen LogP contribution is -2.42. The van der Waals surface area contributed by atoms with Crippen molar-refractivity contribution in [2.75, 3.05) is 26.7 Å². The maximum absolute atomic E-state index is 12.3. The fourth-order valence-electron chi connectivity index (χ4n) is 2.78. The van der Waals surface area contributed by atoms with E-state index in [0.29, 0.717) is 13.1 Å². The molecule has 24 heavy (non-hydrogen) atoms. The average Bonchev–Trinajstić information content (AvgIpc) is 2.65. The van der Waals surface area contributed by atoms with Crippen molar-refractivity contribution in [1.29, 1.82) is 0 Å². The number of carbonyl (C=O) groups is 2. The Morgan fingerprint density at radius 3 is 2.83 bits per heavy atom. The lowest BCUT2D eigenvalue weighted by molar-refractivity contribution is -0.135. The van der Waals surface area contributed by atoms with Gasteiger partial charge >= 0.3 is 5.97 Å². The largest absolute Gasteiger partial charge is 0.466 e. The molecule has 0 spiro atoms. The molecule has 1 fully saturated rings. The van der Waals surface area contributed by atoms with Crippen LogP contribution in [0, 0.1) is 5.92 Å². The molecule has 0 aliphatic carbocycles. The molecule has 1 N–H and O–H groups in total. The highest BCUT2D eigenvalue weighted by atomic mass is 16.5. The Balaban J connectivity index is 1.86. The first kappa shape index (κ1) is 17.8. The second kappa shape index (κ2) is 8.91. The maximum Gasteiger partial charge on any atom is 0.330 e. The van der Waals surface area contributed by atoms with Gasteiger partial charge in [0, 0.05) is 31.4 Å². The molecule has 0 aromatic heterocycles. The van der Waals surface area contributed by atoms with Gasteiger partial charge in [-0.15, -0.1) is 0 Å². The molecular formula is C19H24N2O3. The molecule has 0 saturated carbocycles. The minimum Gasteiger partial charge on any atom is -0.466 e. The molecule has 0 unspecified atom stereocenters. The van der Waals surface area contributed by atoms with Crippen molar-refractivity contribution in [2.24, 2.45) is 5.92 Å². The lowest BCUT2D eigenvalue weighted by Gasteiger charge is -2.35. The predicted octanol–water partition coefficient (Wildman–Crippen LogP) is 2.21. The highest BCUT2D eigenvalue weighted by Gasteiger charge is 2.26. The molecule has 1 atom stereocenters. The van der Waals surface area contributed by atoms with Crippen LogP contribution in [0.2, 0.25) is 0 Å². The molecule has 2 rings (SSSR count). The van der Waals surface area contributed by atoms with Crippen molar-refractivity contribution in [1.82, 2.24) is 10.2 Å². The number of amides is 1. The number of likely N-dealkylation sites (tertiary alicyclic amines) is 1. The Hall–Kier alpha value is -2.56. The number of piperidine rings is 1. The number of nitrogens with zero attached hydrogens (tertiary/aromatic N) is 1. The Morgan fingerprint density at radius 2 is 2.12 bits per heavy atom. The van der Waals surface area contributed by atoms with Crippen molar-refractivity contribution in [3.05, 3.63) is 54.6 Å². The summed E-state index contributed by atoms with van der Waals surface area (Å²) in [6.45, 7) is 6.09. The van der Waals surface area contributed by atoms with E-state index in [1.807, 2.05) is 30.3 Å². The number of benzene rings is 1. The third-order valence-corrected chi connectivity index (χ3v) is 4.13. The Bertz CT molecular complexity index is 610. The van der Waals surface area contributed by atoms with Gasteiger partial charge in [-0.25, -0.2) is 4.79 Å². The summed E-state index contributed by atoms with van der Waals surface area (Å²) in [5.41, 5.74) is 2.04. The number of nitrogens with one attached hydrogen (secondary N) is 1. The van der Waals surface area contributed by atoms with E-state index in [4.69, 9.17) is 0 Å². The molecule has 1 aliphatic heterocycles. The summed E-state index contributed by atoms with van der Waals surface area (Å²) in [4.78, 5) is 25.4. The molecule has 1 aromatic rings. The molecule has 1 amide bonds. The molecule has 128 valence electrons. The molecule has 5 nitrogen and oxygen atoms in total. The topological polar surface area (TPSA) is 58.6 Å². The summed E-state index contributed by atoms with van der Waals surface area (Å²) in [6.07, 6.45) is 4.73. The van der Waals surface area contributed by atoms with Gasteiger partial charge in [0.2, 0.25) is 5.91 Å². The van der Waals surface area contributed by atoms with Crippen LogP contribution in [0.4, 0.5) is 0 Å². The summed E-state index contributed by atoms with van der Waals surface area (Å²) in [5, 5.41) is 2.84. The summed E-state index contributed by atoms with van der Waals surface area (Å²) >= 11 is 0. The fourth-order valence-corrected chi connectivity index (χ4v) is 2.78. The number of carbonyl (C=O) groups excluding carboxylic acids is 2. The molecule has 0 bridgehead atoms. The fraction of sp³-hybridized carbons (Fsp3) is 0.368. The number of hydrogen-bond acceptors (Lipinski definition) is 4. The zero-order valence-corrected chi connectivity index (χ0v) is 14.0. The summed E-state index contributed by atoms with van der Waals surface area (Å²) in [6, 6.07) is 10.0. The van der Waals surface area contributed by atoms with E-state index < -0.39 is 5.97 Å². The van der Waals surface area contributed by atoms with Crippen molar-refractivity contribution in [3.63, 3.8) is 0 Å². The zero-order valence-electron chi connectivity index (χ0n) is 14.0. The van der Waals surface area contributed by atoms with Gasteiger partial charge in [-0.05, 0) is 18.4 Å². The van der Waals surface area contributed by atoms with E-state index >= 15 is 0 Å². The first-order chi connectivity index (χ1) is 11.6. The maximum atomic E-state index is 12.3. The number of hydrogen-bond donors (Lipinski definition) is 1. The van der Waals surface area contributed by atoms with Crippen LogP contribution in [0.5, 0.6) is 0 Å². The van der Waals surface area contributed by atoms with Gasteiger partial charge in [0.15, 0.2) is 0 Å². The van der Waals surface area contributed by atoms with Crippen LogP contribution in [0.15, 0.2) is 49.1 Å². The van der Waals surface area contributed by atoms with Gasteiger partial charge in [0.05, 0.1) is 13.0 Å². The van der Waals surface area contributed by atoms with E-state index in [1.54, 1.807) is 6.08 Å². The average molecular weight is 328 g/mol. The Morgan fingerprint density at radius 1 is 1.38 bits per heavy atom. The smallest absolute Gasteiger partial charge is 0.330 e. The minimum atomic E-state index is -0.424. The molecular weight excluding hydrogens is 304 g/mol. The van der Waals surface area contributed by atoms with Crippen LogP contribution in [-0.2, 0) is 14.3 Å². The molecule has 1 aliphatic rings. The van der Waals surface area contributed by atoms with E-state index in [9.17, 15) is 9.59 Å². The molecule has 0 radical (unpaired) electrons. The Labute approximate surface area is 143 Å². The number of rotatable bonds is 6. The van der Waals surface area contributed by atoms with Crippen molar-refractivity contribution >= 4 is 17.6 Å². The van der Waals surface area contributed by atoms with Crippen molar-refractivity contribution in [2.45, 2.75) is 12.8 Å². The molecule has 1 saturated heterocycles. The first-order valence-corrected chi connectivity index (χ1v) is 8.13. The van der Waals surface area contributed by atoms with Gasteiger partial charge in [-0.3, -0.25) is 4.79 Å². The number of ether oxygens (including phenoxy) is 1. The number of methoxy groups -OCH3 is 1. The Kier molecular flexibility index (Phi) is 6.61. The van der Waals surface area contributed by atoms with Crippen molar-refractivity contribution < 1.29 is 14.3 Å². The second-order valence-corrected chi connectivity index (χ2v) is 5.77. The van der Waals surface area contributed by atoms with Crippen LogP contribution in [0.3, 0.4) is 0 Å². The van der Waals surface area contributed by atoms with Crippen LogP contribution in [0.1, 0.15) is 18.4 Å². The summed E-state index contributed by atoms with van der Waals surface area (Å²) in [5.74, 6) is -0.479. The summed E-state index contributed by atoms with van der Waals surface area (Å²) < 4.78 is 4.50. The number of esters is 1. The van der Waals surface area contributed by atoms with Gasteiger partial charge in [0.1, 0.15) is 0 Å². The second-order valence-electron chi connectivity index (χ2n) is 5.77. The molecule has 1 heterocycles. The quantitative estimate of drug-likeness (QED) is 0.642. The monoisotopic (exact) mass is 328 g/mol. The highest BCUT2D eigenvalue weighted by molar-refractivity contribution is 5.82. The van der Waals surface area contributed by atoms with Crippen LogP contribution >= 0.6 is 0 Å². The summed E-state index contributed by atoms with van der Waals surface area (Å²) in [7, 11) is 1.32. The van der Waals surface area contributed by atoms with Gasteiger partial charge in [0.25, 0.3) is 0 Å². The van der Waals surface area contributed by atoms with E-state index in [1.165, 1.54) is 13.2 Å². The van der Waals surface area contributed by atoms with Gasteiger partial charge in [-0.1, -0.05) is 43.0 Å². The SMILES string of the molecule is C=C(c1ccccc1)N1CCC[C@H](C(=O)NC/C=C/C(=O)OC)C1.